The first kappa shape index (κ1) is 18.0. The summed E-state index contributed by atoms with van der Waals surface area (Å²) in [4.78, 5) is 4.65. The number of ether oxygens (including phenoxy) is 4. The lowest BCUT2D eigenvalue weighted by atomic mass is 9.89. The van der Waals surface area contributed by atoms with Crippen LogP contribution in [0.2, 0.25) is 0 Å². The molecule has 136 valence electrons. The van der Waals surface area contributed by atoms with Crippen molar-refractivity contribution >= 4 is 24.2 Å². The van der Waals surface area contributed by atoms with Crippen molar-refractivity contribution in [2.45, 2.75) is 12.7 Å². The second-order valence-electron chi connectivity index (χ2n) is 6.41. The predicted molar refractivity (Wildman–Crippen MR) is 104 cm³/mol. The quantitative estimate of drug-likeness (QED) is 0.499. The van der Waals surface area contributed by atoms with Gasteiger partial charge in [-0.2, -0.15) is 0 Å². The molecule has 1 aliphatic heterocycles. The third-order valence-electron chi connectivity index (χ3n) is 4.49. The van der Waals surface area contributed by atoms with Gasteiger partial charge < -0.3 is 18.9 Å². The summed E-state index contributed by atoms with van der Waals surface area (Å²) >= 11 is 0. The van der Waals surface area contributed by atoms with Crippen LogP contribution in [0.4, 0.5) is 0 Å². The van der Waals surface area contributed by atoms with Crippen molar-refractivity contribution < 1.29 is 18.9 Å². The molecule has 4 rings (SSSR count). The van der Waals surface area contributed by atoms with Crippen molar-refractivity contribution in [2.24, 2.45) is 0 Å². The lowest BCUT2D eigenvalue weighted by Crippen LogP contribution is -2.15. The van der Waals surface area contributed by atoms with Crippen LogP contribution >= 0.6 is 0 Å². The smallest absolute Gasteiger partial charge is 0.188 e. The molecule has 5 nitrogen and oxygen atoms in total. The molecule has 0 unspecified atom stereocenters. The maximum Gasteiger partial charge on any atom is 0.188 e. The molecule has 0 amide bonds. The lowest BCUT2D eigenvalue weighted by molar-refractivity contribution is -0.0429. The molecule has 0 bridgehead atoms. The van der Waals surface area contributed by atoms with E-state index in [1.54, 1.807) is 7.11 Å². The summed E-state index contributed by atoms with van der Waals surface area (Å²) in [5, 5.41) is 0.913. The Morgan fingerprint density at radius 3 is 2.63 bits per heavy atom. The number of methoxy groups -OCH3 is 1. The fraction of sp³-hybridized carbons (Fsp3) is 0.286. The number of hydrogen-bond donors (Lipinski definition) is 0. The Morgan fingerprint density at radius 2 is 1.89 bits per heavy atom. The highest BCUT2D eigenvalue weighted by molar-refractivity contribution is 6.36. The highest BCUT2D eigenvalue weighted by Gasteiger charge is 2.23. The molecule has 0 aliphatic carbocycles. The molecule has 1 saturated heterocycles. The van der Waals surface area contributed by atoms with Gasteiger partial charge in [0.2, 0.25) is 0 Å². The number of pyridine rings is 1. The van der Waals surface area contributed by atoms with Crippen molar-refractivity contribution in [3.63, 3.8) is 0 Å². The summed E-state index contributed by atoms with van der Waals surface area (Å²) < 4.78 is 22.1. The van der Waals surface area contributed by atoms with Gasteiger partial charge in [0.05, 0.1) is 13.2 Å². The van der Waals surface area contributed by atoms with Crippen LogP contribution < -0.4 is 10.2 Å². The summed E-state index contributed by atoms with van der Waals surface area (Å²) in [6.45, 7) is 1.22. The maximum atomic E-state index is 6.23. The summed E-state index contributed by atoms with van der Waals surface area (Å²) in [6, 6.07) is 14.2. The fourth-order valence-corrected chi connectivity index (χ4v) is 3.29. The van der Waals surface area contributed by atoms with E-state index in [4.69, 9.17) is 26.8 Å². The first-order valence-electron chi connectivity index (χ1n) is 8.86. The molecule has 3 aromatic rings. The van der Waals surface area contributed by atoms with Crippen LogP contribution in [0.3, 0.4) is 0 Å². The van der Waals surface area contributed by atoms with Crippen LogP contribution in [0, 0.1) is 0 Å². The molecule has 2 aromatic carbocycles. The molecule has 27 heavy (non-hydrogen) atoms. The number of nitrogens with zero attached hydrogens (tertiary/aromatic N) is 1. The number of rotatable bonds is 6. The van der Waals surface area contributed by atoms with Crippen LogP contribution in [0.25, 0.3) is 10.9 Å². The zero-order chi connectivity index (χ0) is 18.6. The topological polar surface area (TPSA) is 49.8 Å². The minimum absolute atomic E-state index is 0.0997. The van der Waals surface area contributed by atoms with Gasteiger partial charge in [-0.15, -0.1) is 0 Å². The standard InChI is InChI=1S/C21H20BNO4/c1-24-13-27-20-18(22)11-17(21-25-7-8-26-21)16-10-15(12-23-19(16)20)9-14-5-3-2-4-6-14/h2-6,10-12,21H,7-9,13H2,1H3. The minimum atomic E-state index is -0.444. The molecular formula is C21H20BNO4. The van der Waals surface area contributed by atoms with Gasteiger partial charge in [-0.3, -0.25) is 4.98 Å². The first-order valence-corrected chi connectivity index (χ1v) is 8.86. The van der Waals surface area contributed by atoms with E-state index in [-0.39, 0.29) is 6.79 Å². The second kappa shape index (κ2) is 8.09. The summed E-state index contributed by atoms with van der Waals surface area (Å²) in [5.41, 5.74) is 4.34. The maximum absolute atomic E-state index is 6.23. The molecule has 0 spiro atoms. The second-order valence-corrected chi connectivity index (χ2v) is 6.41. The lowest BCUT2D eigenvalue weighted by Gasteiger charge is -2.18. The van der Waals surface area contributed by atoms with Crippen molar-refractivity contribution in [3.05, 3.63) is 65.4 Å². The van der Waals surface area contributed by atoms with E-state index < -0.39 is 6.29 Å². The number of aromatic nitrogens is 1. The van der Waals surface area contributed by atoms with Crippen LogP contribution in [0.15, 0.2) is 48.7 Å². The number of hydrogen-bond acceptors (Lipinski definition) is 5. The highest BCUT2D eigenvalue weighted by Crippen LogP contribution is 2.33. The van der Waals surface area contributed by atoms with Crippen LogP contribution in [0.1, 0.15) is 23.0 Å². The molecule has 0 saturated carbocycles. The van der Waals surface area contributed by atoms with E-state index >= 15 is 0 Å². The number of benzene rings is 2. The minimum Gasteiger partial charge on any atom is -0.466 e. The van der Waals surface area contributed by atoms with E-state index in [1.807, 2.05) is 30.5 Å². The average molecular weight is 361 g/mol. The Hall–Kier alpha value is -2.41. The fourth-order valence-electron chi connectivity index (χ4n) is 3.29. The molecule has 6 heteroatoms. The van der Waals surface area contributed by atoms with E-state index in [0.717, 1.165) is 22.9 Å². The van der Waals surface area contributed by atoms with Gasteiger partial charge in [-0.25, -0.2) is 0 Å². The van der Waals surface area contributed by atoms with Gasteiger partial charge in [-0.05, 0) is 23.6 Å². The Kier molecular flexibility index (Phi) is 5.39. The molecule has 0 atom stereocenters. The highest BCUT2D eigenvalue weighted by atomic mass is 16.7. The normalized spacial score (nSPS) is 14.7. The van der Waals surface area contributed by atoms with Crippen molar-refractivity contribution in [1.29, 1.82) is 0 Å². The van der Waals surface area contributed by atoms with Crippen molar-refractivity contribution in [1.82, 2.24) is 4.98 Å². The average Bonchev–Trinajstić information content (AvgIpc) is 3.22. The van der Waals surface area contributed by atoms with Crippen LogP contribution in [0.5, 0.6) is 5.75 Å². The van der Waals surface area contributed by atoms with E-state index in [2.05, 4.69) is 23.2 Å². The Labute approximate surface area is 159 Å². The molecule has 1 aromatic heterocycles. The van der Waals surface area contributed by atoms with Gasteiger partial charge in [-0.1, -0.05) is 41.9 Å². The van der Waals surface area contributed by atoms with E-state index in [0.29, 0.717) is 29.9 Å². The molecule has 2 radical (unpaired) electrons. The van der Waals surface area contributed by atoms with Gasteiger partial charge >= 0.3 is 0 Å². The van der Waals surface area contributed by atoms with Crippen LogP contribution in [-0.4, -0.2) is 39.9 Å². The monoisotopic (exact) mass is 361 g/mol. The first-order chi connectivity index (χ1) is 13.3. The zero-order valence-electron chi connectivity index (χ0n) is 15.2. The zero-order valence-corrected chi connectivity index (χ0v) is 15.2. The molecule has 1 fully saturated rings. The van der Waals surface area contributed by atoms with Crippen LogP contribution in [-0.2, 0) is 20.6 Å². The molecule has 0 N–H and O–H groups in total. The molecule has 2 heterocycles. The SMILES string of the molecule is [B]c1cc(C2OCCO2)c2cc(Cc3ccccc3)cnc2c1OCOC. The number of fused-ring (bicyclic) bond motifs is 1. The van der Waals surface area contributed by atoms with Crippen molar-refractivity contribution in [2.75, 3.05) is 27.1 Å². The van der Waals surface area contributed by atoms with Gasteiger partial charge in [0.25, 0.3) is 0 Å². The van der Waals surface area contributed by atoms with Crippen molar-refractivity contribution in [3.8, 4) is 5.75 Å². The molecular weight excluding hydrogens is 341 g/mol. The van der Waals surface area contributed by atoms with E-state index in [1.165, 1.54) is 5.56 Å². The summed E-state index contributed by atoms with van der Waals surface area (Å²) in [5.74, 6) is 0.514. The largest absolute Gasteiger partial charge is 0.466 e. The van der Waals surface area contributed by atoms with Gasteiger partial charge in [0.15, 0.2) is 13.1 Å². The van der Waals surface area contributed by atoms with Gasteiger partial charge in [0.1, 0.15) is 19.1 Å². The van der Waals surface area contributed by atoms with Gasteiger partial charge in [0, 0.05) is 24.3 Å². The Morgan fingerprint density at radius 1 is 1.11 bits per heavy atom. The Bertz CT molecular complexity index is 926. The summed E-state index contributed by atoms with van der Waals surface area (Å²) in [6.07, 6.45) is 2.20. The predicted octanol–water partition coefficient (Wildman–Crippen LogP) is 2.65. The third kappa shape index (κ3) is 3.83. The summed E-state index contributed by atoms with van der Waals surface area (Å²) in [7, 11) is 7.79. The Balaban J connectivity index is 1.80. The molecule has 1 aliphatic rings. The third-order valence-corrected chi connectivity index (χ3v) is 4.49. The van der Waals surface area contributed by atoms with E-state index in [9.17, 15) is 0 Å².